The highest BCUT2D eigenvalue weighted by Crippen LogP contribution is 2.19. The van der Waals surface area contributed by atoms with Crippen LogP contribution in [0.5, 0.6) is 5.75 Å². The fraction of sp³-hybridized carbons (Fsp3) is 0.130. The lowest BCUT2D eigenvalue weighted by Gasteiger charge is -2.13. The molecule has 30 heavy (non-hydrogen) atoms. The maximum Gasteiger partial charge on any atom is 0.257 e. The molecule has 0 bridgehead atoms. The van der Waals surface area contributed by atoms with Crippen LogP contribution in [-0.4, -0.2) is 25.0 Å². The number of halogens is 1. The molecule has 0 atom stereocenters. The normalized spacial score (nSPS) is 10.2. The first kappa shape index (κ1) is 20.9. The maximum absolute atomic E-state index is 13.0. The van der Waals surface area contributed by atoms with Gasteiger partial charge in [0, 0.05) is 17.1 Å². The topological polar surface area (TPSA) is 79.5 Å². The minimum Gasteiger partial charge on any atom is -0.494 e. The first-order valence-corrected chi connectivity index (χ1v) is 9.47. The SMILES string of the molecule is CCOc1ccc(NC(=O)c2ccccc2NCC(=O)Nc2ccc(F)cc2)cc1. The third kappa shape index (κ3) is 5.81. The quantitative estimate of drug-likeness (QED) is 0.513. The molecule has 3 aromatic rings. The van der Waals surface area contributed by atoms with Crippen molar-refractivity contribution in [1.82, 2.24) is 0 Å². The molecule has 3 rings (SSSR count). The lowest BCUT2D eigenvalue weighted by atomic mass is 10.1. The van der Waals surface area contributed by atoms with E-state index in [9.17, 15) is 14.0 Å². The molecule has 3 N–H and O–H groups in total. The highest BCUT2D eigenvalue weighted by atomic mass is 19.1. The second-order valence-corrected chi connectivity index (χ2v) is 6.37. The lowest BCUT2D eigenvalue weighted by molar-refractivity contribution is -0.114. The Morgan fingerprint density at radius 1 is 0.867 bits per heavy atom. The summed E-state index contributed by atoms with van der Waals surface area (Å²) in [6, 6.07) is 19.5. The first-order valence-electron chi connectivity index (χ1n) is 9.47. The number of hydrogen-bond donors (Lipinski definition) is 3. The lowest BCUT2D eigenvalue weighted by Crippen LogP contribution is -2.23. The predicted molar refractivity (Wildman–Crippen MR) is 116 cm³/mol. The van der Waals surface area contributed by atoms with Crippen LogP contribution in [0.15, 0.2) is 72.8 Å². The summed E-state index contributed by atoms with van der Waals surface area (Å²) >= 11 is 0. The minimum atomic E-state index is -0.376. The van der Waals surface area contributed by atoms with E-state index in [1.165, 1.54) is 24.3 Å². The molecule has 0 saturated carbocycles. The van der Waals surface area contributed by atoms with Crippen LogP contribution in [0.3, 0.4) is 0 Å². The van der Waals surface area contributed by atoms with E-state index < -0.39 is 0 Å². The number of carbonyl (C=O) groups is 2. The van der Waals surface area contributed by atoms with Crippen molar-refractivity contribution < 1.29 is 18.7 Å². The van der Waals surface area contributed by atoms with E-state index in [1.807, 2.05) is 6.92 Å². The zero-order valence-electron chi connectivity index (χ0n) is 16.4. The van der Waals surface area contributed by atoms with Crippen molar-refractivity contribution in [3.8, 4) is 5.75 Å². The Morgan fingerprint density at radius 2 is 1.50 bits per heavy atom. The average Bonchev–Trinajstić information content (AvgIpc) is 2.76. The van der Waals surface area contributed by atoms with E-state index in [0.29, 0.717) is 29.2 Å². The number of rotatable bonds is 8. The van der Waals surface area contributed by atoms with Gasteiger partial charge in [-0.2, -0.15) is 0 Å². The van der Waals surface area contributed by atoms with Crippen LogP contribution in [0.1, 0.15) is 17.3 Å². The van der Waals surface area contributed by atoms with E-state index in [1.54, 1.807) is 48.5 Å². The number of benzene rings is 3. The molecule has 0 aliphatic rings. The van der Waals surface area contributed by atoms with Gasteiger partial charge < -0.3 is 20.7 Å². The Morgan fingerprint density at radius 3 is 2.20 bits per heavy atom. The van der Waals surface area contributed by atoms with E-state index in [-0.39, 0.29) is 24.2 Å². The van der Waals surface area contributed by atoms with Crippen LogP contribution in [0.25, 0.3) is 0 Å². The highest BCUT2D eigenvalue weighted by Gasteiger charge is 2.12. The van der Waals surface area contributed by atoms with Gasteiger partial charge in [-0.3, -0.25) is 9.59 Å². The number of amides is 2. The Bertz CT molecular complexity index is 1000. The molecule has 0 aliphatic carbocycles. The van der Waals surface area contributed by atoms with Crippen LogP contribution in [-0.2, 0) is 4.79 Å². The zero-order valence-corrected chi connectivity index (χ0v) is 16.4. The molecule has 0 heterocycles. The monoisotopic (exact) mass is 407 g/mol. The summed E-state index contributed by atoms with van der Waals surface area (Å²) < 4.78 is 18.3. The zero-order chi connectivity index (χ0) is 21.3. The summed E-state index contributed by atoms with van der Waals surface area (Å²) in [5.74, 6) is -0.270. The summed E-state index contributed by atoms with van der Waals surface area (Å²) in [5.41, 5.74) is 2.05. The molecule has 0 fully saturated rings. The number of anilines is 3. The Hall–Kier alpha value is -3.87. The summed E-state index contributed by atoms with van der Waals surface area (Å²) in [4.78, 5) is 24.8. The van der Waals surface area contributed by atoms with Crippen LogP contribution >= 0.6 is 0 Å². The number of carbonyl (C=O) groups excluding carboxylic acids is 2. The van der Waals surface area contributed by atoms with Gasteiger partial charge in [-0.05, 0) is 67.6 Å². The van der Waals surface area contributed by atoms with Crippen molar-refractivity contribution in [2.45, 2.75) is 6.92 Å². The summed E-state index contributed by atoms with van der Waals surface area (Å²) in [5, 5.41) is 8.46. The van der Waals surface area contributed by atoms with Crippen LogP contribution in [0.4, 0.5) is 21.5 Å². The summed E-state index contributed by atoms with van der Waals surface area (Å²) in [6.45, 7) is 2.42. The van der Waals surface area contributed by atoms with Gasteiger partial charge in [0.25, 0.3) is 5.91 Å². The minimum absolute atomic E-state index is 0.0509. The van der Waals surface area contributed by atoms with Gasteiger partial charge in [-0.25, -0.2) is 4.39 Å². The van der Waals surface area contributed by atoms with E-state index in [4.69, 9.17) is 4.74 Å². The second-order valence-electron chi connectivity index (χ2n) is 6.37. The van der Waals surface area contributed by atoms with Crippen molar-refractivity contribution >= 4 is 28.9 Å². The largest absolute Gasteiger partial charge is 0.494 e. The third-order valence-corrected chi connectivity index (χ3v) is 4.16. The standard InChI is InChI=1S/C23H22FN3O3/c1-2-30-19-13-11-18(12-14-19)27-23(29)20-5-3-4-6-21(20)25-15-22(28)26-17-9-7-16(24)8-10-17/h3-14,25H,2,15H2,1H3,(H,26,28)(H,27,29). The second kappa shape index (κ2) is 10.1. The van der Waals surface area contributed by atoms with Crippen molar-refractivity contribution in [3.63, 3.8) is 0 Å². The molecule has 154 valence electrons. The van der Waals surface area contributed by atoms with Gasteiger partial charge >= 0.3 is 0 Å². The summed E-state index contributed by atoms with van der Waals surface area (Å²) in [7, 11) is 0. The fourth-order valence-electron chi connectivity index (χ4n) is 2.75. The molecule has 0 unspecified atom stereocenters. The van der Waals surface area contributed by atoms with Gasteiger partial charge in [0.05, 0.1) is 18.7 Å². The molecule has 0 aromatic heterocycles. The van der Waals surface area contributed by atoms with Crippen molar-refractivity contribution in [1.29, 1.82) is 0 Å². The van der Waals surface area contributed by atoms with Gasteiger partial charge in [-0.1, -0.05) is 12.1 Å². The number of ether oxygens (including phenoxy) is 1. The molecular formula is C23H22FN3O3. The van der Waals surface area contributed by atoms with Gasteiger partial charge in [-0.15, -0.1) is 0 Å². The Balaban J connectivity index is 1.61. The number of para-hydroxylation sites is 1. The van der Waals surface area contributed by atoms with E-state index in [2.05, 4.69) is 16.0 Å². The smallest absolute Gasteiger partial charge is 0.257 e. The van der Waals surface area contributed by atoms with Crippen molar-refractivity contribution in [2.75, 3.05) is 29.1 Å². The van der Waals surface area contributed by atoms with Gasteiger partial charge in [0.2, 0.25) is 5.91 Å². The Labute approximate surface area is 174 Å². The molecule has 2 amide bonds. The first-order chi connectivity index (χ1) is 14.5. The van der Waals surface area contributed by atoms with Crippen LogP contribution < -0.4 is 20.7 Å². The molecule has 0 spiro atoms. The molecule has 0 aliphatic heterocycles. The molecule has 0 radical (unpaired) electrons. The summed E-state index contributed by atoms with van der Waals surface area (Å²) in [6.07, 6.45) is 0. The predicted octanol–water partition coefficient (Wildman–Crippen LogP) is 4.53. The number of hydrogen-bond acceptors (Lipinski definition) is 4. The number of nitrogens with one attached hydrogen (secondary N) is 3. The fourth-order valence-corrected chi connectivity index (χ4v) is 2.75. The van der Waals surface area contributed by atoms with Crippen LogP contribution in [0.2, 0.25) is 0 Å². The molecule has 3 aromatic carbocycles. The highest BCUT2D eigenvalue weighted by molar-refractivity contribution is 6.08. The van der Waals surface area contributed by atoms with Crippen molar-refractivity contribution in [3.05, 3.63) is 84.2 Å². The Kier molecular flexibility index (Phi) is 7.00. The third-order valence-electron chi connectivity index (χ3n) is 4.16. The molecule has 6 nitrogen and oxygen atoms in total. The van der Waals surface area contributed by atoms with Gasteiger partial charge in [0.15, 0.2) is 0 Å². The maximum atomic E-state index is 13.0. The average molecular weight is 407 g/mol. The molecule has 7 heteroatoms. The van der Waals surface area contributed by atoms with Crippen LogP contribution in [0, 0.1) is 5.82 Å². The van der Waals surface area contributed by atoms with E-state index >= 15 is 0 Å². The van der Waals surface area contributed by atoms with Crippen molar-refractivity contribution in [2.24, 2.45) is 0 Å². The molecular weight excluding hydrogens is 385 g/mol. The van der Waals surface area contributed by atoms with Gasteiger partial charge in [0.1, 0.15) is 11.6 Å². The van der Waals surface area contributed by atoms with E-state index in [0.717, 1.165) is 5.75 Å². The molecule has 0 saturated heterocycles.